The normalized spacial score (nSPS) is 11.7. The van der Waals surface area contributed by atoms with Crippen LogP contribution >= 0.6 is 11.6 Å². The van der Waals surface area contributed by atoms with Gasteiger partial charge in [0.1, 0.15) is 5.82 Å². The molecule has 0 saturated carbocycles. The van der Waals surface area contributed by atoms with E-state index in [1.165, 1.54) is 4.90 Å². The molecule has 0 radical (unpaired) electrons. The minimum Gasteiger partial charge on any atom is -0.358 e. The number of aromatic nitrogens is 1. The van der Waals surface area contributed by atoms with Gasteiger partial charge in [-0.3, -0.25) is 0 Å². The Bertz CT molecular complexity index is 424. The van der Waals surface area contributed by atoms with E-state index in [2.05, 4.69) is 17.2 Å². The Balaban J connectivity index is 2.62. The van der Waals surface area contributed by atoms with Crippen molar-refractivity contribution < 1.29 is 13.2 Å². The fraction of sp³-hybridized carbons (Fsp3) is 0.615. The Morgan fingerprint density at radius 1 is 1.40 bits per heavy atom. The summed E-state index contributed by atoms with van der Waals surface area (Å²) < 4.78 is 36.5. The molecule has 1 aromatic heterocycles. The van der Waals surface area contributed by atoms with Crippen molar-refractivity contribution in [1.82, 2.24) is 10.3 Å². The van der Waals surface area contributed by atoms with Crippen LogP contribution in [0.2, 0.25) is 5.02 Å². The number of hydrogen-bond acceptors (Lipinski definition) is 3. The monoisotopic (exact) mass is 309 g/mol. The average molecular weight is 310 g/mol. The molecule has 0 aliphatic carbocycles. The van der Waals surface area contributed by atoms with E-state index < -0.39 is 12.6 Å². The number of halogens is 4. The fourth-order valence-electron chi connectivity index (χ4n) is 1.66. The van der Waals surface area contributed by atoms with Crippen LogP contribution < -0.4 is 10.2 Å². The number of alkyl halides is 3. The van der Waals surface area contributed by atoms with Crippen molar-refractivity contribution in [1.29, 1.82) is 0 Å². The van der Waals surface area contributed by atoms with Gasteiger partial charge in [0.2, 0.25) is 0 Å². The first-order valence-corrected chi connectivity index (χ1v) is 6.84. The van der Waals surface area contributed by atoms with Crippen molar-refractivity contribution in [2.24, 2.45) is 0 Å². The highest BCUT2D eigenvalue weighted by Gasteiger charge is 2.27. The second-order valence-corrected chi connectivity index (χ2v) is 5.02. The van der Waals surface area contributed by atoms with E-state index in [4.69, 9.17) is 11.6 Å². The first-order chi connectivity index (χ1) is 9.33. The van der Waals surface area contributed by atoms with Crippen molar-refractivity contribution in [2.75, 3.05) is 25.0 Å². The zero-order chi connectivity index (χ0) is 15.2. The summed E-state index contributed by atoms with van der Waals surface area (Å²) in [6.07, 6.45) is -2.40. The standard InChI is InChI=1S/C13H19ClF3N3/c1-3-5-18-8-10-7-11(14)12(19-9-10)20(2)6-4-13(15,16)17/h7,9,18H,3-6,8H2,1-2H3. The number of anilines is 1. The molecule has 0 amide bonds. The maximum atomic E-state index is 12.2. The number of nitrogens with one attached hydrogen (secondary N) is 1. The molecule has 0 bridgehead atoms. The maximum Gasteiger partial charge on any atom is 0.390 e. The third kappa shape index (κ3) is 5.96. The zero-order valence-electron chi connectivity index (χ0n) is 11.6. The van der Waals surface area contributed by atoms with Gasteiger partial charge in [0.15, 0.2) is 0 Å². The van der Waals surface area contributed by atoms with Crippen LogP contribution in [0.15, 0.2) is 12.3 Å². The predicted octanol–water partition coefficient (Wildman–Crippen LogP) is 3.62. The van der Waals surface area contributed by atoms with Crippen molar-refractivity contribution >= 4 is 17.4 Å². The molecule has 114 valence electrons. The Hall–Kier alpha value is -1.01. The molecule has 0 aliphatic rings. The van der Waals surface area contributed by atoms with Gasteiger partial charge in [-0.2, -0.15) is 13.2 Å². The summed E-state index contributed by atoms with van der Waals surface area (Å²) in [5.41, 5.74) is 0.913. The van der Waals surface area contributed by atoms with Crippen molar-refractivity contribution in [3.63, 3.8) is 0 Å². The summed E-state index contributed by atoms with van der Waals surface area (Å²) in [7, 11) is 1.55. The average Bonchev–Trinajstić information content (AvgIpc) is 2.35. The first-order valence-electron chi connectivity index (χ1n) is 6.46. The molecule has 1 rings (SSSR count). The van der Waals surface area contributed by atoms with Crippen molar-refractivity contribution in [3.05, 3.63) is 22.8 Å². The van der Waals surface area contributed by atoms with Gasteiger partial charge in [-0.05, 0) is 24.6 Å². The topological polar surface area (TPSA) is 28.2 Å². The lowest BCUT2D eigenvalue weighted by molar-refractivity contribution is -0.132. The molecule has 7 heteroatoms. The second-order valence-electron chi connectivity index (χ2n) is 4.61. The van der Waals surface area contributed by atoms with Crippen molar-refractivity contribution in [2.45, 2.75) is 32.5 Å². The minimum absolute atomic E-state index is 0.163. The van der Waals surface area contributed by atoms with Gasteiger partial charge in [0, 0.05) is 26.3 Å². The van der Waals surface area contributed by atoms with E-state index in [0.29, 0.717) is 17.4 Å². The van der Waals surface area contributed by atoms with E-state index >= 15 is 0 Å². The summed E-state index contributed by atoms with van der Waals surface area (Å²) in [5, 5.41) is 3.58. The predicted molar refractivity (Wildman–Crippen MR) is 75.2 cm³/mol. The summed E-state index contributed by atoms with van der Waals surface area (Å²) in [4.78, 5) is 5.56. The van der Waals surface area contributed by atoms with Gasteiger partial charge < -0.3 is 10.2 Å². The SMILES string of the molecule is CCCNCc1cnc(N(C)CCC(F)(F)F)c(Cl)c1. The van der Waals surface area contributed by atoms with Crippen LogP contribution in [0, 0.1) is 0 Å². The maximum absolute atomic E-state index is 12.2. The lowest BCUT2D eigenvalue weighted by atomic mass is 10.2. The summed E-state index contributed by atoms with van der Waals surface area (Å²) in [5.74, 6) is 0.371. The highest BCUT2D eigenvalue weighted by Crippen LogP contribution is 2.25. The minimum atomic E-state index is -4.18. The van der Waals surface area contributed by atoms with Crippen LogP contribution in [0.3, 0.4) is 0 Å². The molecule has 20 heavy (non-hydrogen) atoms. The third-order valence-electron chi connectivity index (χ3n) is 2.73. The molecule has 3 nitrogen and oxygen atoms in total. The van der Waals surface area contributed by atoms with Gasteiger partial charge in [-0.15, -0.1) is 0 Å². The van der Waals surface area contributed by atoms with E-state index in [1.54, 1.807) is 19.3 Å². The van der Waals surface area contributed by atoms with E-state index in [0.717, 1.165) is 18.5 Å². The van der Waals surface area contributed by atoms with Gasteiger partial charge in [-0.25, -0.2) is 4.98 Å². The Kier molecular flexibility index (Phi) is 6.55. The van der Waals surface area contributed by atoms with E-state index in [1.807, 2.05) is 0 Å². The van der Waals surface area contributed by atoms with E-state index in [-0.39, 0.29) is 6.54 Å². The second kappa shape index (κ2) is 7.69. The van der Waals surface area contributed by atoms with Gasteiger partial charge >= 0.3 is 6.18 Å². The molecule has 1 heterocycles. The Labute approximate surface area is 122 Å². The highest BCUT2D eigenvalue weighted by atomic mass is 35.5. The highest BCUT2D eigenvalue weighted by molar-refractivity contribution is 6.33. The quantitative estimate of drug-likeness (QED) is 0.780. The lowest BCUT2D eigenvalue weighted by Crippen LogP contribution is -2.25. The lowest BCUT2D eigenvalue weighted by Gasteiger charge is -2.20. The summed E-state index contributed by atoms with van der Waals surface area (Å²) in [6.45, 7) is 3.44. The number of pyridine rings is 1. The molecule has 1 N–H and O–H groups in total. The molecule has 0 saturated heterocycles. The van der Waals surface area contributed by atoms with Crippen LogP contribution in [0.1, 0.15) is 25.3 Å². The summed E-state index contributed by atoms with van der Waals surface area (Å²) >= 11 is 6.07. The molecule has 0 unspecified atom stereocenters. The smallest absolute Gasteiger partial charge is 0.358 e. The van der Waals surface area contributed by atoms with Gasteiger partial charge in [-0.1, -0.05) is 18.5 Å². The van der Waals surface area contributed by atoms with Crippen molar-refractivity contribution in [3.8, 4) is 0 Å². The van der Waals surface area contributed by atoms with E-state index in [9.17, 15) is 13.2 Å². The Morgan fingerprint density at radius 3 is 2.65 bits per heavy atom. The molecule has 1 aromatic rings. The van der Waals surface area contributed by atoms with Gasteiger partial charge in [0.25, 0.3) is 0 Å². The molecule has 0 aromatic carbocycles. The largest absolute Gasteiger partial charge is 0.390 e. The molecular weight excluding hydrogens is 291 g/mol. The first kappa shape index (κ1) is 17.0. The molecule has 0 spiro atoms. The molecule has 0 fully saturated rings. The molecule has 0 atom stereocenters. The zero-order valence-corrected chi connectivity index (χ0v) is 12.4. The number of rotatable bonds is 7. The van der Waals surface area contributed by atoms with Crippen LogP contribution in [-0.4, -0.2) is 31.3 Å². The fourth-order valence-corrected chi connectivity index (χ4v) is 1.99. The van der Waals surface area contributed by atoms with Gasteiger partial charge in [0.05, 0.1) is 11.4 Å². The number of nitrogens with zero attached hydrogens (tertiary/aromatic N) is 2. The summed E-state index contributed by atoms with van der Waals surface area (Å²) in [6, 6.07) is 1.73. The third-order valence-corrected chi connectivity index (χ3v) is 3.00. The van der Waals surface area contributed by atoms with Crippen LogP contribution in [0.25, 0.3) is 0 Å². The van der Waals surface area contributed by atoms with Crippen LogP contribution in [0.4, 0.5) is 19.0 Å². The number of hydrogen-bond donors (Lipinski definition) is 1. The van der Waals surface area contributed by atoms with Crippen LogP contribution in [-0.2, 0) is 6.54 Å². The molecule has 0 aliphatic heterocycles. The Morgan fingerprint density at radius 2 is 2.10 bits per heavy atom. The molecular formula is C13H19ClF3N3. The van der Waals surface area contributed by atoms with Crippen LogP contribution in [0.5, 0.6) is 0 Å².